The Hall–Kier alpha value is -0.940. The van der Waals surface area contributed by atoms with Gasteiger partial charge in [-0.15, -0.1) is 11.3 Å². The lowest BCUT2D eigenvalue weighted by Gasteiger charge is -2.18. The molecule has 0 unspecified atom stereocenters. The third kappa shape index (κ3) is 4.28. The molecule has 1 N–H and O–H groups in total. The van der Waals surface area contributed by atoms with E-state index in [2.05, 4.69) is 16.8 Å². The monoisotopic (exact) mass is 242 g/mol. The molecule has 0 aliphatic heterocycles. The first-order chi connectivity index (χ1) is 7.63. The van der Waals surface area contributed by atoms with E-state index in [9.17, 15) is 4.79 Å². The van der Waals surface area contributed by atoms with Gasteiger partial charge in [0.1, 0.15) is 0 Å². The minimum atomic E-state index is -0.729. The summed E-state index contributed by atoms with van der Waals surface area (Å²) in [5.74, 6) is -0.729. The molecular weight excluding hydrogens is 224 g/mol. The zero-order chi connectivity index (χ0) is 12.0. The highest BCUT2D eigenvalue weighted by Gasteiger charge is 2.07. The topological polar surface area (TPSA) is 53.4 Å². The van der Waals surface area contributed by atoms with Gasteiger partial charge in [-0.2, -0.15) is 0 Å². The van der Waals surface area contributed by atoms with E-state index in [1.165, 1.54) is 4.88 Å². The molecule has 0 saturated carbocycles. The molecular formula is C11H18N2O2S. The fourth-order valence-corrected chi connectivity index (χ4v) is 2.28. The van der Waals surface area contributed by atoms with E-state index in [1.807, 2.05) is 12.4 Å². The van der Waals surface area contributed by atoms with Crippen LogP contribution in [0, 0.1) is 6.92 Å². The van der Waals surface area contributed by atoms with Gasteiger partial charge in [0.25, 0.3) is 0 Å². The van der Waals surface area contributed by atoms with Gasteiger partial charge in [-0.3, -0.25) is 4.79 Å². The smallest absolute Gasteiger partial charge is 0.304 e. The van der Waals surface area contributed by atoms with E-state index in [1.54, 1.807) is 11.3 Å². The van der Waals surface area contributed by atoms with Crippen molar-refractivity contribution in [1.29, 1.82) is 0 Å². The van der Waals surface area contributed by atoms with Crippen molar-refractivity contribution in [3.63, 3.8) is 0 Å². The Labute approximate surface area is 99.9 Å². The molecule has 1 aromatic rings. The lowest BCUT2D eigenvalue weighted by atomic mass is 10.2. The summed E-state index contributed by atoms with van der Waals surface area (Å²) in [6, 6.07) is 0. The van der Waals surface area contributed by atoms with E-state index < -0.39 is 5.97 Å². The predicted octanol–water partition coefficient (Wildman–Crippen LogP) is 1.79. The highest BCUT2D eigenvalue weighted by atomic mass is 32.1. The Balaban J connectivity index is 2.34. The molecule has 0 radical (unpaired) electrons. The second-order valence-electron chi connectivity index (χ2n) is 3.69. The first-order valence-electron chi connectivity index (χ1n) is 5.46. The zero-order valence-corrected chi connectivity index (χ0v) is 10.6. The van der Waals surface area contributed by atoms with E-state index in [4.69, 9.17) is 5.11 Å². The second kappa shape index (κ2) is 6.60. The zero-order valence-electron chi connectivity index (χ0n) is 9.77. The molecule has 0 bridgehead atoms. The van der Waals surface area contributed by atoms with E-state index in [0.717, 1.165) is 25.2 Å². The molecule has 0 aliphatic carbocycles. The van der Waals surface area contributed by atoms with E-state index in [0.29, 0.717) is 6.54 Å². The first kappa shape index (κ1) is 13.1. The highest BCUT2D eigenvalue weighted by Crippen LogP contribution is 2.13. The number of rotatable bonds is 7. The molecule has 0 spiro atoms. The normalized spacial score (nSPS) is 10.9. The predicted molar refractivity (Wildman–Crippen MR) is 64.9 cm³/mol. The van der Waals surface area contributed by atoms with Gasteiger partial charge < -0.3 is 10.0 Å². The minimum Gasteiger partial charge on any atom is -0.481 e. The number of aryl methyl sites for hydroxylation is 1. The van der Waals surface area contributed by atoms with Crippen LogP contribution in [0.1, 0.15) is 23.9 Å². The number of carbonyl (C=O) groups is 1. The Morgan fingerprint density at radius 2 is 2.31 bits per heavy atom. The maximum absolute atomic E-state index is 10.5. The molecule has 0 aromatic carbocycles. The van der Waals surface area contributed by atoms with Crippen LogP contribution in [-0.4, -0.2) is 40.6 Å². The summed E-state index contributed by atoms with van der Waals surface area (Å²) >= 11 is 1.67. The van der Waals surface area contributed by atoms with Crippen LogP contribution < -0.4 is 0 Å². The maximum atomic E-state index is 10.5. The van der Waals surface area contributed by atoms with Gasteiger partial charge in [0.05, 0.1) is 17.6 Å². The van der Waals surface area contributed by atoms with Crippen LogP contribution in [0.25, 0.3) is 0 Å². The van der Waals surface area contributed by atoms with Crippen molar-refractivity contribution in [2.75, 3.05) is 19.6 Å². The summed E-state index contributed by atoms with van der Waals surface area (Å²) in [5.41, 5.74) is 2.96. The SMILES string of the molecule is CCN(CCC(=O)O)CCc1scnc1C. The summed E-state index contributed by atoms with van der Waals surface area (Å²) in [6.45, 7) is 6.50. The van der Waals surface area contributed by atoms with Crippen LogP contribution in [0.4, 0.5) is 0 Å². The fraction of sp³-hybridized carbons (Fsp3) is 0.636. The average Bonchev–Trinajstić information content (AvgIpc) is 2.64. The Morgan fingerprint density at radius 1 is 1.56 bits per heavy atom. The fourth-order valence-electron chi connectivity index (χ4n) is 1.51. The van der Waals surface area contributed by atoms with Crippen LogP contribution >= 0.6 is 11.3 Å². The van der Waals surface area contributed by atoms with Gasteiger partial charge in [0.2, 0.25) is 0 Å². The lowest BCUT2D eigenvalue weighted by Crippen LogP contribution is -2.28. The van der Waals surface area contributed by atoms with Crippen molar-refractivity contribution < 1.29 is 9.90 Å². The highest BCUT2D eigenvalue weighted by molar-refractivity contribution is 7.09. The number of aromatic nitrogens is 1. The third-order valence-electron chi connectivity index (χ3n) is 2.59. The number of thiazole rings is 1. The van der Waals surface area contributed by atoms with E-state index in [-0.39, 0.29) is 6.42 Å². The third-order valence-corrected chi connectivity index (χ3v) is 3.58. The van der Waals surface area contributed by atoms with Gasteiger partial charge in [0.15, 0.2) is 0 Å². The van der Waals surface area contributed by atoms with Crippen molar-refractivity contribution in [1.82, 2.24) is 9.88 Å². The molecule has 0 fully saturated rings. The summed E-state index contributed by atoms with van der Waals surface area (Å²) in [4.78, 5) is 18.1. The quantitative estimate of drug-likeness (QED) is 0.792. The molecule has 0 saturated heterocycles. The lowest BCUT2D eigenvalue weighted by molar-refractivity contribution is -0.137. The van der Waals surface area contributed by atoms with Gasteiger partial charge in [-0.25, -0.2) is 4.98 Å². The molecule has 16 heavy (non-hydrogen) atoms. The van der Waals surface area contributed by atoms with Crippen molar-refractivity contribution >= 4 is 17.3 Å². The number of carboxylic acids is 1. The van der Waals surface area contributed by atoms with Crippen LogP contribution in [0.3, 0.4) is 0 Å². The molecule has 5 heteroatoms. The van der Waals surface area contributed by atoms with E-state index >= 15 is 0 Å². The van der Waals surface area contributed by atoms with Crippen molar-refractivity contribution in [2.45, 2.75) is 26.7 Å². The van der Waals surface area contributed by atoms with Crippen LogP contribution in [0.15, 0.2) is 5.51 Å². The van der Waals surface area contributed by atoms with Crippen molar-refractivity contribution in [3.05, 3.63) is 16.1 Å². The van der Waals surface area contributed by atoms with Gasteiger partial charge in [0, 0.05) is 18.0 Å². The number of likely N-dealkylation sites (N-methyl/N-ethyl adjacent to an activating group) is 1. The molecule has 0 atom stereocenters. The summed E-state index contributed by atoms with van der Waals surface area (Å²) < 4.78 is 0. The standard InChI is InChI=1S/C11H18N2O2S/c1-3-13(7-5-11(14)15)6-4-10-9(2)12-8-16-10/h8H,3-7H2,1-2H3,(H,14,15). The average molecular weight is 242 g/mol. The van der Waals surface area contributed by atoms with Gasteiger partial charge in [-0.1, -0.05) is 6.92 Å². The Bertz CT molecular complexity index is 338. The van der Waals surface area contributed by atoms with Crippen molar-refractivity contribution in [3.8, 4) is 0 Å². The summed E-state index contributed by atoms with van der Waals surface area (Å²) in [5, 5.41) is 8.62. The Morgan fingerprint density at radius 3 is 2.81 bits per heavy atom. The molecule has 0 amide bonds. The number of aliphatic carboxylic acids is 1. The molecule has 90 valence electrons. The summed E-state index contributed by atoms with van der Waals surface area (Å²) in [7, 11) is 0. The number of hydrogen-bond donors (Lipinski definition) is 1. The van der Waals surface area contributed by atoms with Gasteiger partial charge >= 0.3 is 5.97 Å². The van der Waals surface area contributed by atoms with Crippen LogP contribution in [0.2, 0.25) is 0 Å². The number of hydrogen-bond acceptors (Lipinski definition) is 4. The largest absolute Gasteiger partial charge is 0.481 e. The van der Waals surface area contributed by atoms with Crippen molar-refractivity contribution in [2.24, 2.45) is 0 Å². The molecule has 1 rings (SSSR count). The maximum Gasteiger partial charge on any atom is 0.304 e. The molecule has 1 aromatic heterocycles. The summed E-state index contributed by atoms with van der Waals surface area (Å²) in [6.07, 6.45) is 1.18. The second-order valence-corrected chi connectivity index (χ2v) is 4.63. The van der Waals surface area contributed by atoms with Crippen LogP contribution in [-0.2, 0) is 11.2 Å². The molecule has 4 nitrogen and oxygen atoms in total. The number of carboxylic acid groups (broad SMARTS) is 1. The first-order valence-corrected chi connectivity index (χ1v) is 6.34. The van der Waals surface area contributed by atoms with Crippen LogP contribution in [0.5, 0.6) is 0 Å². The number of nitrogens with zero attached hydrogens (tertiary/aromatic N) is 2. The molecule has 1 heterocycles. The molecule has 0 aliphatic rings. The van der Waals surface area contributed by atoms with Gasteiger partial charge in [-0.05, 0) is 19.9 Å². The minimum absolute atomic E-state index is 0.218. The Kier molecular flexibility index (Phi) is 5.42.